The Morgan fingerprint density at radius 2 is 1.06 bits per heavy atom. The Kier molecular flexibility index (Phi) is 6.78. The molecule has 0 aliphatic rings. The number of nitrogens with zero attached hydrogens (tertiary/aromatic N) is 4. The number of anilines is 3. The van der Waals surface area contributed by atoms with Crippen molar-refractivity contribution in [1.29, 1.82) is 0 Å². The van der Waals surface area contributed by atoms with Gasteiger partial charge < -0.3 is 4.90 Å². The summed E-state index contributed by atoms with van der Waals surface area (Å²) in [6.07, 6.45) is 3.75. The van der Waals surface area contributed by atoms with Gasteiger partial charge in [0.15, 0.2) is 0 Å². The first kappa shape index (κ1) is 29.0. The molecule has 0 saturated heterocycles. The fraction of sp³-hybridized carbons (Fsp3) is 0. The van der Waals surface area contributed by atoms with E-state index in [9.17, 15) is 0 Å². The van der Waals surface area contributed by atoms with Gasteiger partial charge in [0, 0.05) is 62.0 Å². The standard InChI is InChI=1S/C47H30N4/c1-4-12-31(13-5-1)45-42-26-25-37-36(38-27-29-49-47-40(38)23-21-32-14-11-28-48-46(32)47)19-10-20-39(37)44(42)41-24-22-35(30-43(41)50-45)51(33-15-6-2-7-16-33)34-17-8-3-9-18-34/h1-30H. The summed E-state index contributed by atoms with van der Waals surface area (Å²) in [5.41, 5.74) is 10.4. The van der Waals surface area contributed by atoms with Crippen molar-refractivity contribution in [2.75, 3.05) is 4.90 Å². The molecule has 0 fully saturated rings. The van der Waals surface area contributed by atoms with Gasteiger partial charge in [-0.15, -0.1) is 0 Å². The maximum atomic E-state index is 5.42. The molecule has 0 saturated carbocycles. The Hall–Kier alpha value is -6.91. The fourth-order valence-electron chi connectivity index (χ4n) is 7.63. The largest absolute Gasteiger partial charge is 0.310 e. The van der Waals surface area contributed by atoms with E-state index in [4.69, 9.17) is 15.0 Å². The molecule has 4 nitrogen and oxygen atoms in total. The van der Waals surface area contributed by atoms with Crippen LogP contribution in [0.5, 0.6) is 0 Å². The number of pyridine rings is 3. The Morgan fingerprint density at radius 3 is 1.84 bits per heavy atom. The highest BCUT2D eigenvalue weighted by Gasteiger charge is 2.19. The fourth-order valence-corrected chi connectivity index (χ4v) is 7.63. The Morgan fingerprint density at radius 1 is 0.392 bits per heavy atom. The number of benzene rings is 7. The van der Waals surface area contributed by atoms with Gasteiger partial charge in [0.1, 0.15) is 0 Å². The Bertz CT molecular complexity index is 2870. The Balaban J connectivity index is 1.26. The van der Waals surface area contributed by atoms with E-state index in [1.165, 1.54) is 21.7 Å². The van der Waals surface area contributed by atoms with Crippen LogP contribution in [0.15, 0.2) is 182 Å². The molecule has 0 spiro atoms. The van der Waals surface area contributed by atoms with Crippen LogP contribution in [-0.2, 0) is 0 Å². The van der Waals surface area contributed by atoms with Gasteiger partial charge in [-0.2, -0.15) is 0 Å². The van der Waals surface area contributed by atoms with Crippen molar-refractivity contribution in [3.8, 4) is 22.4 Å². The zero-order valence-corrected chi connectivity index (χ0v) is 27.6. The van der Waals surface area contributed by atoms with Gasteiger partial charge in [-0.1, -0.05) is 121 Å². The molecule has 0 aliphatic heterocycles. The number of aromatic nitrogens is 3. The van der Waals surface area contributed by atoms with Crippen LogP contribution in [0, 0.1) is 0 Å². The topological polar surface area (TPSA) is 41.9 Å². The quantitative estimate of drug-likeness (QED) is 0.174. The molecule has 3 heterocycles. The average molecular weight is 651 g/mol. The lowest BCUT2D eigenvalue weighted by atomic mass is 9.90. The van der Waals surface area contributed by atoms with Gasteiger partial charge in [0.25, 0.3) is 0 Å². The molecular formula is C47H30N4. The molecule has 51 heavy (non-hydrogen) atoms. The van der Waals surface area contributed by atoms with Gasteiger partial charge >= 0.3 is 0 Å². The van der Waals surface area contributed by atoms with Crippen LogP contribution >= 0.6 is 0 Å². The van der Waals surface area contributed by atoms with Gasteiger partial charge in [-0.3, -0.25) is 9.97 Å². The SMILES string of the molecule is c1ccc(-c2nc3cc(N(c4ccccc4)c4ccccc4)ccc3c3c2ccc2c(-c4ccnc5c4ccc4cccnc45)cccc23)cc1. The third-order valence-corrected chi connectivity index (χ3v) is 9.91. The van der Waals surface area contributed by atoms with Crippen molar-refractivity contribution in [2.24, 2.45) is 0 Å². The zero-order valence-electron chi connectivity index (χ0n) is 27.6. The highest BCUT2D eigenvalue weighted by molar-refractivity contribution is 6.25. The molecule has 0 amide bonds. The normalized spacial score (nSPS) is 11.5. The van der Waals surface area contributed by atoms with Crippen LogP contribution in [0.1, 0.15) is 0 Å². The molecule has 7 aromatic carbocycles. The molecule has 0 bridgehead atoms. The van der Waals surface area contributed by atoms with Crippen molar-refractivity contribution in [2.45, 2.75) is 0 Å². The minimum absolute atomic E-state index is 0.915. The van der Waals surface area contributed by atoms with Crippen LogP contribution in [0.25, 0.3) is 76.6 Å². The number of hydrogen-bond donors (Lipinski definition) is 0. The van der Waals surface area contributed by atoms with Crippen LogP contribution < -0.4 is 4.90 Å². The van der Waals surface area contributed by atoms with E-state index < -0.39 is 0 Å². The molecule has 10 rings (SSSR count). The molecule has 0 N–H and O–H groups in total. The summed E-state index contributed by atoms with van der Waals surface area (Å²) in [4.78, 5) is 17.2. The van der Waals surface area contributed by atoms with Crippen molar-refractivity contribution in [3.05, 3.63) is 182 Å². The van der Waals surface area contributed by atoms with Crippen LogP contribution in [-0.4, -0.2) is 15.0 Å². The highest BCUT2D eigenvalue weighted by atomic mass is 15.1. The summed E-state index contributed by atoms with van der Waals surface area (Å²) in [7, 11) is 0. The maximum Gasteiger partial charge on any atom is 0.0970 e. The lowest BCUT2D eigenvalue weighted by molar-refractivity contribution is 1.28. The Labute approximate surface area is 294 Å². The lowest BCUT2D eigenvalue weighted by Gasteiger charge is -2.26. The van der Waals surface area contributed by atoms with E-state index >= 15 is 0 Å². The summed E-state index contributed by atoms with van der Waals surface area (Å²) < 4.78 is 0. The van der Waals surface area contributed by atoms with Gasteiger partial charge in [-0.05, 0) is 70.4 Å². The van der Waals surface area contributed by atoms with Gasteiger partial charge in [0.2, 0.25) is 0 Å². The summed E-state index contributed by atoms with van der Waals surface area (Å²) in [6, 6.07) is 60.0. The second-order valence-electron chi connectivity index (χ2n) is 12.8. The summed E-state index contributed by atoms with van der Waals surface area (Å²) in [6.45, 7) is 0. The van der Waals surface area contributed by atoms with E-state index in [0.29, 0.717) is 0 Å². The van der Waals surface area contributed by atoms with Crippen LogP contribution in [0.2, 0.25) is 0 Å². The number of para-hydroxylation sites is 2. The van der Waals surface area contributed by atoms with E-state index in [1.54, 1.807) is 0 Å². The van der Waals surface area contributed by atoms with E-state index in [-0.39, 0.29) is 0 Å². The molecule has 0 unspecified atom stereocenters. The molecule has 0 atom stereocenters. The molecule has 3 aromatic heterocycles. The van der Waals surface area contributed by atoms with E-state index in [0.717, 1.165) is 72.0 Å². The number of fused-ring (bicyclic) bond motifs is 8. The van der Waals surface area contributed by atoms with Crippen molar-refractivity contribution >= 4 is 71.3 Å². The van der Waals surface area contributed by atoms with Gasteiger partial charge in [-0.25, -0.2) is 4.98 Å². The minimum atomic E-state index is 0.915. The lowest BCUT2D eigenvalue weighted by Crippen LogP contribution is -2.09. The third kappa shape index (κ3) is 4.80. The minimum Gasteiger partial charge on any atom is -0.310 e. The van der Waals surface area contributed by atoms with Crippen molar-refractivity contribution in [3.63, 3.8) is 0 Å². The molecule has 0 aliphatic carbocycles. The van der Waals surface area contributed by atoms with Crippen molar-refractivity contribution < 1.29 is 0 Å². The highest BCUT2D eigenvalue weighted by Crippen LogP contribution is 2.43. The second-order valence-corrected chi connectivity index (χ2v) is 12.8. The predicted molar refractivity (Wildman–Crippen MR) is 213 cm³/mol. The van der Waals surface area contributed by atoms with Gasteiger partial charge in [0.05, 0.1) is 22.2 Å². The molecule has 0 radical (unpaired) electrons. The molecule has 238 valence electrons. The average Bonchev–Trinajstić information content (AvgIpc) is 3.21. The van der Waals surface area contributed by atoms with Crippen LogP contribution in [0.3, 0.4) is 0 Å². The smallest absolute Gasteiger partial charge is 0.0970 e. The molecular weight excluding hydrogens is 621 g/mol. The third-order valence-electron chi connectivity index (χ3n) is 9.91. The van der Waals surface area contributed by atoms with Crippen LogP contribution in [0.4, 0.5) is 17.1 Å². The van der Waals surface area contributed by atoms with E-state index in [2.05, 4.69) is 169 Å². The first-order valence-corrected chi connectivity index (χ1v) is 17.2. The first-order valence-electron chi connectivity index (χ1n) is 17.2. The predicted octanol–water partition coefficient (Wildman–Crippen LogP) is 12.4. The number of hydrogen-bond acceptors (Lipinski definition) is 4. The first-order chi connectivity index (χ1) is 25.3. The summed E-state index contributed by atoms with van der Waals surface area (Å²) >= 11 is 0. The second kappa shape index (κ2) is 11.9. The molecule has 10 aromatic rings. The summed E-state index contributed by atoms with van der Waals surface area (Å²) in [5.74, 6) is 0. The number of rotatable bonds is 5. The maximum absolute atomic E-state index is 5.42. The van der Waals surface area contributed by atoms with Crippen molar-refractivity contribution in [1.82, 2.24) is 15.0 Å². The summed E-state index contributed by atoms with van der Waals surface area (Å²) in [5, 5.41) is 7.99. The monoisotopic (exact) mass is 650 g/mol. The molecule has 4 heteroatoms. The zero-order chi connectivity index (χ0) is 33.7. The van der Waals surface area contributed by atoms with E-state index in [1.807, 2.05) is 18.5 Å².